The summed E-state index contributed by atoms with van der Waals surface area (Å²) >= 11 is 0. The molecule has 1 N–H and O–H groups in total. The van der Waals surface area contributed by atoms with E-state index in [1.54, 1.807) is 19.1 Å². The number of benzene rings is 1. The predicted octanol–water partition coefficient (Wildman–Crippen LogP) is 0.709. The molecule has 0 radical (unpaired) electrons. The van der Waals surface area contributed by atoms with Gasteiger partial charge in [0.1, 0.15) is 5.60 Å². The van der Waals surface area contributed by atoms with Crippen molar-refractivity contribution in [1.29, 1.82) is 0 Å². The Kier molecular flexibility index (Phi) is 2.94. The van der Waals surface area contributed by atoms with E-state index < -0.39 is 46.9 Å². The number of amides is 2. The third-order valence-corrected chi connectivity index (χ3v) is 5.05. The van der Waals surface area contributed by atoms with Crippen LogP contribution in [0, 0.1) is 28.9 Å². The van der Waals surface area contributed by atoms with E-state index in [9.17, 15) is 24.8 Å². The van der Waals surface area contributed by atoms with Gasteiger partial charge >= 0.3 is 0 Å². The number of anilines is 1. The Hall–Kier alpha value is -2.58. The molecule has 4 rings (SSSR count). The minimum Gasteiger partial charge on any atom is -0.393 e. The molecular weight excluding hydrogens is 316 g/mol. The Balaban J connectivity index is 1.77. The van der Waals surface area contributed by atoms with Gasteiger partial charge in [0.05, 0.1) is 35.2 Å². The zero-order valence-corrected chi connectivity index (χ0v) is 12.7. The summed E-state index contributed by atoms with van der Waals surface area (Å²) in [6, 6.07) is 4.25. The topological polar surface area (TPSA) is 110 Å². The summed E-state index contributed by atoms with van der Waals surface area (Å²) in [5, 5.41) is 20.8. The van der Waals surface area contributed by atoms with E-state index in [0.717, 1.165) is 4.90 Å². The second-order valence-corrected chi connectivity index (χ2v) is 6.30. The lowest BCUT2D eigenvalue weighted by molar-refractivity contribution is -0.385. The molecule has 3 aliphatic heterocycles. The van der Waals surface area contributed by atoms with Crippen LogP contribution in [0.2, 0.25) is 0 Å². The largest absolute Gasteiger partial charge is 0.393 e. The monoisotopic (exact) mass is 330 g/mol. The second-order valence-electron chi connectivity index (χ2n) is 6.30. The van der Waals surface area contributed by atoms with Crippen molar-refractivity contribution in [2.75, 3.05) is 11.5 Å². The van der Waals surface area contributed by atoms with E-state index in [1.807, 2.05) is 0 Å². The van der Waals surface area contributed by atoms with E-state index in [4.69, 9.17) is 4.74 Å². The Bertz CT molecular complexity index is 819. The van der Waals surface area contributed by atoms with E-state index in [-0.39, 0.29) is 11.4 Å². The first-order valence-corrected chi connectivity index (χ1v) is 7.50. The van der Waals surface area contributed by atoms with Gasteiger partial charge in [-0.1, -0.05) is 18.2 Å². The lowest BCUT2D eigenvalue weighted by Gasteiger charge is -2.26. The number of ether oxygens (including phenoxy) is 1. The molecule has 124 valence electrons. The van der Waals surface area contributed by atoms with Crippen LogP contribution in [0.15, 0.2) is 30.4 Å². The Morgan fingerprint density at radius 2 is 2.12 bits per heavy atom. The fourth-order valence-corrected chi connectivity index (χ4v) is 3.87. The van der Waals surface area contributed by atoms with Crippen LogP contribution < -0.4 is 4.90 Å². The third-order valence-electron chi connectivity index (χ3n) is 5.05. The van der Waals surface area contributed by atoms with E-state index >= 15 is 0 Å². The van der Waals surface area contributed by atoms with Crippen molar-refractivity contribution >= 4 is 23.2 Å². The molecule has 0 saturated carbocycles. The zero-order valence-electron chi connectivity index (χ0n) is 12.7. The first-order chi connectivity index (χ1) is 11.4. The van der Waals surface area contributed by atoms with Crippen LogP contribution in [0.1, 0.15) is 5.56 Å². The highest BCUT2D eigenvalue weighted by atomic mass is 16.6. The highest BCUT2D eigenvalue weighted by Crippen LogP contribution is 2.52. The van der Waals surface area contributed by atoms with Gasteiger partial charge in [-0.05, 0) is 13.0 Å². The van der Waals surface area contributed by atoms with Crippen molar-refractivity contribution in [2.24, 2.45) is 11.8 Å². The van der Waals surface area contributed by atoms with Gasteiger partial charge in [-0.2, -0.15) is 0 Å². The lowest BCUT2D eigenvalue weighted by Crippen LogP contribution is -2.43. The molecule has 24 heavy (non-hydrogen) atoms. The molecule has 8 heteroatoms. The average Bonchev–Trinajstić information content (AvgIpc) is 3.19. The van der Waals surface area contributed by atoms with Crippen LogP contribution in [0.25, 0.3) is 0 Å². The van der Waals surface area contributed by atoms with Crippen LogP contribution in [-0.4, -0.2) is 40.2 Å². The second kappa shape index (κ2) is 4.71. The number of hydrogen-bond donors (Lipinski definition) is 1. The molecule has 1 aromatic carbocycles. The summed E-state index contributed by atoms with van der Waals surface area (Å²) in [6.45, 7) is 1.19. The van der Waals surface area contributed by atoms with Gasteiger partial charge in [0.2, 0.25) is 11.8 Å². The van der Waals surface area contributed by atoms with Crippen LogP contribution >= 0.6 is 0 Å². The number of fused-ring (bicyclic) bond motifs is 5. The fraction of sp³-hybridized carbons (Fsp3) is 0.375. The number of carbonyl (C=O) groups excluding carboxylic acids is 2. The standard InChI is InChI=1S/C16H14N2O6/c1-8-2-3-9(6-10(8)18(22)23)17-14(20)12-11-4-5-16(7-19,24-11)13(12)15(17)21/h2-6,11-13,19H,7H2,1H3/t11-,12-,13+,16-/m1/s1. The van der Waals surface area contributed by atoms with Gasteiger partial charge in [0.25, 0.3) is 5.69 Å². The van der Waals surface area contributed by atoms with Crippen LogP contribution in [0.4, 0.5) is 11.4 Å². The highest BCUT2D eigenvalue weighted by molar-refractivity contribution is 6.23. The van der Waals surface area contributed by atoms with Crippen LogP contribution in [-0.2, 0) is 14.3 Å². The summed E-state index contributed by atoms with van der Waals surface area (Å²) in [7, 11) is 0. The van der Waals surface area contributed by atoms with Crippen molar-refractivity contribution < 1.29 is 24.4 Å². The zero-order chi connectivity index (χ0) is 17.2. The number of rotatable bonds is 3. The van der Waals surface area contributed by atoms with Gasteiger partial charge in [0, 0.05) is 11.6 Å². The van der Waals surface area contributed by atoms with Crippen LogP contribution in [0.3, 0.4) is 0 Å². The minimum atomic E-state index is -1.17. The SMILES string of the molecule is Cc1ccc(N2C(=O)[C@H]3[C@@H](C2=O)[C@]2(CO)C=C[C@H]3O2)cc1[N+](=O)[O-]. The fourth-order valence-electron chi connectivity index (χ4n) is 3.87. The number of hydrogen-bond acceptors (Lipinski definition) is 6. The molecule has 3 heterocycles. The number of nitrogens with zero attached hydrogens (tertiary/aromatic N) is 2. The maximum Gasteiger partial charge on any atom is 0.274 e. The summed E-state index contributed by atoms with van der Waals surface area (Å²) in [6.07, 6.45) is 2.76. The number of nitro benzene ring substituents is 1. The maximum atomic E-state index is 12.8. The minimum absolute atomic E-state index is 0.153. The first kappa shape index (κ1) is 15.0. The van der Waals surface area contributed by atoms with Gasteiger partial charge < -0.3 is 9.84 Å². The Labute approximate surface area is 136 Å². The molecule has 8 nitrogen and oxygen atoms in total. The predicted molar refractivity (Wildman–Crippen MR) is 81.1 cm³/mol. The molecule has 3 aliphatic rings. The van der Waals surface area contributed by atoms with Crippen molar-refractivity contribution in [3.8, 4) is 0 Å². The molecule has 2 bridgehead atoms. The molecule has 4 atom stereocenters. The number of carbonyl (C=O) groups is 2. The van der Waals surface area contributed by atoms with Gasteiger partial charge in [-0.3, -0.25) is 19.7 Å². The molecule has 0 unspecified atom stereocenters. The number of nitro groups is 1. The van der Waals surface area contributed by atoms with E-state index in [2.05, 4.69) is 0 Å². The Morgan fingerprint density at radius 3 is 2.79 bits per heavy atom. The molecule has 0 aliphatic carbocycles. The van der Waals surface area contributed by atoms with Crippen molar-refractivity contribution in [2.45, 2.75) is 18.6 Å². The molecule has 2 amide bonds. The number of aliphatic hydroxyl groups excluding tert-OH is 1. The lowest BCUT2D eigenvalue weighted by atomic mass is 9.77. The third kappa shape index (κ3) is 1.69. The first-order valence-electron chi connectivity index (χ1n) is 7.50. The number of aliphatic hydroxyl groups is 1. The normalized spacial score (nSPS) is 33.4. The highest BCUT2D eigenvalue weighted by Gasteiger charge is 2.67. The average molecular weight is 330 g/mol. The molecule has 2 fully saturated rings. The van der Waals surface area contributed by atoms with Crippen molar-refractivity contribution in [3.63, 3.8) is 0 Å². The van der Waals surface area contributed by atoms with Crippen molar-refractivity contribution in [3.05, 3.63) is 46.0 Å². The van der Waals surface area contributed by atoms with E-state index in [0.29, 0.717) is 5.56 Å². The molecular formula is C16H14N2O6. The Morgan fingerprint density at radius 1 is 1.38 bits per heavy atom. The summed E-state index contributed by atoms with van der Waals surface area (Å²) in [5.41, 5.74) is -0.712. The van der Waals surface area contributed by atoms with E-state index in [1.165, 1.54) is 18.2 Å². The summed E-state index contributed by atoms with van der Waals surface area (Å²) in [5.74, 6) is -2.45. The van der Waals surface area contributed by atoms with Gasteiger partial charge in [-0.15, -0.1) is 0 Å². The molecule has 2 saturated heterocycles. The number of imide groups is 1. The quantitative estimate of drug-likeness (QED) is 0.378. The maximum absolute atomic E-state index is 12.8. The molecule has 0 aromatic heterocycles. The summed E-state index contributed by atoms with van der Waals surface area (Å²) < 4.78 is 5.64. The smallest absolute Gasteiger partial charge is 0.274 e. The van der Waals surface area contributed by atoms with Crippen molar-refractivity contribution in [1.82, 2.24) is 0 Å². The van der Waals surface area contributed by atoms with Gasteiger partial charge in [0.15, 0.2) is 0 Å². The molecule has 0 spiro atoms. The number of aryl methyl sites for hydroxylation is 1. The van der Waals surface area contributed by atoms with Crippen LogP contribution in [0.5, 0.6) is 0 Å². The summed E-state index contributed by atoms with van der Waals surface area (Å²) in [4.78, 5) is 37.1. The van der Waals surface area contributed by atoms with Gasteiger partial charge in [-0.25, -0.2) is 4.90 Å². The molecule has 1 aromatic rings.